The number of piperidine rings is 1. The Balaban J connectivity index is 1.66. The predicted molar refractivity (Wildman–Crippen MR) is 95.9 cm³/mol. The van der Waals surface area contributed by atoms with E-state index in [9.17, 15) is 4.79 Å². The third kappa shape index (κ3) is 3.81. The van der Waals surface area contributed by atoms with Crippen molar-refractivity contribution < 1.29 is 9.53 Å². The van der Waals surface area contributed by atoms with Gasteiger partial charge in [0.15, 0.2) is 0 Å². The van der Waals surface area contributed by atoms with Crippen LogP contribution in [0, 0.1) is 5.92 Å². The van der Waals surface area contributed by atoms with E-state index in [-0.39, 0.29) is 5.92 Å². The molecule has 0 saturated carbocycles. The molecule has 0 aromatic heterocycles. The van der Waals surface area contributed by atoms with Crippen molar-refractivity contribution in [2.75, 3.05) is 33.4 Å². The monoisotopic (exact) mass is 330 g/mol. The van der Waals surface area contributed by atoms with Gasteiger partial charge in [-0.2, -0.15) is 0 Å². The van der Waals surface area contributed by atoms with Crippen LogP contribution < -0.4 is 0 Å². The quantitative estimate of drug-likeness (QED) is 0.804. The zero-order valence-electron chi connectivity index (χ0n) is 15.2. The van der Waals surface area contributed by atoms with Gasteiger partial charge in [-0.1, -0.05) is 38.1 Å². The Morgan fingerprint density at radius 1 is 1.17 bits per heavy atom. The lowest BCUT2D eigenvalue weighted by molar-refractivity contribution is -0.140. The third-order valence-electron chi connectivity index (χ3n) is 5.46. The van der Waals surface area contributed by atoms with Gasteiger partial charge in [0.2, 0.25) is 5.91 Å². The summed E-state index contributed by atoms with van der Waals surface area (Å²) in [6, 6.07) is 9.31. The highest BCUT2D eigenvalue weighted by Gasteiger charge is 2.40. The molecule has 2 atom stereocenters. The molecule has 1 amide bonds. The summed E-state index contributed by atoms with van der Waals surface area (Å²) in [7, 11) is 1.70. The minimum absolute atomic E-state index is 0.163. The first-order chi connectivity index (χ1) is 11.6. The van der Waals surface area contributed by atoms with Gasteiger partial charge in [-0.15, -0.1) is 0 Å². The van der Waals surface area contributed by atoms with E-state index >= 15 is 0 Å². The Kier molecular flexibility index (Phi) is 5.57. The third-order valence-corrected chi connectivity index (χ3v) is 5.46. The molecule has 4 heteroatoms. The van der Waals surface area contributed by atoms with E-state index in [1.807, 2.05) is 0 Å². The van der Waals surface area contributed by atoms with Gasteiger partial charge in [0.05, 0.1) is 12.5 Å². The molecule has 3 aliphatic rings. The number of amides is 1. The summed E-state index contributed by atoms with van der Waals surface area (Å²) < 4.78 is 5.19. The molecule has 3 aliphatic heterocycles. The zero-order chi connectivity index (χ0) is 17.1. The lowest BCUT2D eigenvalue weighted by atomic mass is 9.94. The molecule has 1 aromatic carbocycles. The molecule has 3 saturated heterocycles. The fourth-order valence-electron chi connectivity index (χ4n) is 4.01. The maximum absolute atomic E-state index is 12.7. The molecule has 2 bridgehead atoms. The molecular formula is C20H30N2O2. The number of hydrogen-bond donors (Lipinski definition) is 0. The van der Waals surface area contributed by atoms with Crippen molar-refractivity contribution in [1.29, 1.82) is 0 Å². The Labute approximate surface area is 145 Å². The minimum atomic E-state index is 0.163. The number of benzene rings is 1. The highest BCUT2D eigenvalue weighted by atomic mass is 16.5. The minimum Gasteiger partial charge on any atom is -0.383 e. The van der Waals surface area contributed by atoms with Crippen LogP contribution in [0.5, 0.6) is 0 Å². The molecule has 0 radical (unpaired) electrons. The predicted octanol–water partition coefficient (Wildman–Crippen LogP) is 2.88. The Morgan fingerprint density at radius 2 is 1.92 bits per heavy atom. The van der Waals surface area contributed by atoms with E-state index in [0.717, 1.165) is 39.0 Å². The Hall–Kier alpha value is -1.39. The molecule has 0 aliphatic carbocycles. The van der Waals surface area contributed by atoms with Gasteiger partial charge in [0, 0.05) is 39.3 Å². The smallest absolute Gasteiger partial charge is 0.227 e. The van der Waals surface area contributed by atoms with Gasteiger partial charge >= 0.3 is 0 Å². The van der Waals surface area contributed by atoms with Gasteiger partial charge in [0.1, 0.15) is 0 Å². The normalized spacial score (nSPS) is 24.7. The lowest BCUT2D eigenvalue weighted by Gasteiger charge is -2.35. The maximum Gasteiger partial charge on any atom is 0.227 e. The maximum atomic E-state index is 12.7. The fraction of sp³-hybridized carbons (Fsp3) is 0.650. The van der Waals surface area contributed by atoms with Crippen LogP contribution in [0.3, 0.4) is 0 Å². The van der Waals surface area contributed by atoms with E-state index in [4.69, 9.17) is 4.74 Å². The average Bonchev–Trinajstić information content (AvgIpc) is 2.84. The summed E-state index contributed by atoms with van der Waals surface area (Å²) in [5.74, 6) is 1.07. The van der Waals surface area contributed by atoms with Gasteiger partial charge in [-0.25, -0.2) is 0 Å². The van der Waals surface area contributed by atoms with Crippen molar-refractivity contribution in [2.45, 2.75) is 45.2 Å². The number of methoxy groups -OCH3 is 1. The first kappa shape index (κ1) is 17.4. The number of carbonyl (C=O) groups is 1. The van der Waals surface area contributed by atoms with E-state index in [0.29, 0.717) is 24.5 Å². The van der Waals surface area contributed by atoms with Crippen LogP contribution in [-0.4, -0.2) is 55.1 Å². The molecule has 132 valence electrons. The summed E-state index contributed by atoms with van der Waals surface area (Å²) in [6.07, 6.45) is 2.17. The van der Waals surface area contributed by atoms with Crippen LogP contribution in [0.25, 0.3) is 0 Å². The molecule has 24 heavy (non-hydrogen) atoms. The number of hydrogen-bond acceptors (Lipinski definition) is 3. The first-order valence-corrected chi connectivity index (χ1v) is 9.19. The number of fused-ring (bicyclic) bond motifs is 4. The van der Waals surface area contributed by atoms with E-state index in [1.54, 1.807) is 7.11 Å². The molecule has 3 heterocycles. The van der Waals surface area contributed by atoms with Crippen LogP contribution in [-0.2, 0) is 16.1 Å². The average molecular weight is 330 g/mol. The Bertz CT molecular complexity index is 555. The lowest BCUT2D eigenvalue weighted by Crippen LogP contribution is -2.49. The standard InChI is InChI=1S/C20H30N2O2/c1-15(2)17-6-4-16(5-7-17)12-21-13-18-8-9-19(14-21)22(20(18)23)10-11-24-3/h4-7,15,18-19H,8-14H2,1-3H3/t18-,19+/m0/s1. The summed E-state index contributed by atoms with van der Waals surface area (Å²) in [6.45, 7) is 8.63. The van der Waals surface area contributed by atoms with E-state index in [2.05, 4.69) is 47.9 Å². The second-order valence-electron chi connectivity index (χ2n) is 7.54. The molecule has 4 rings (SSSR count). The largest absolute Gasteiger partial charge is 0.383 e. The van der Waals surface area contributed by atoms with Crippen molar-refractivity contribution in [3.8, 4) is 0 Å². The highest BCUT2D eigenvalue weighted by molar-refractivity contribution is 5.80. The van der Waals surface area contributed by atoms with Crippen molar-refractivity contribution in [3.05, 3.63) is 35.4 Å². The molecule has 0 spiro atoms. The second-order valence-corrected chi connectivity index (χ2v) is 7.54. The summed E-state index contributed by atoms with van der Waals surface area (Å²) >= 11 is 0. The fourth-order valence-corrected chi connectivity index (χ4v) is 4.01. The van der Waals surface area contributed by atoms with Crippen LogP contribution in [0.15, 0.2) is 24.3 Å². The van der Waals surface area contributed by atoms with Crippen LogP contribution in [0.2, 0.25) is 0 Å². The molecule has 4 nitrogen and oxygen atoms in total. The zero-order valence-corrected chi connectivity index (χ0v) is 15.2. The number of nitrogens with zero attached hydrogens (tertiary/aromatic N) is 2. The molecule has 1 aromatic rings. The molecular weight excluding hydrogens is 300 g/mol. The SMILES string of the molecule is COCCN1C(=O)[C@H]2CC[C@@H]1CN(Cc1ccc(C(C)C)cc1)C2. The van der Waals surface area contributed by atoms with Crippen LogP contribution in [0.4, 0.5) is 0 Å². The first-order valence-electron chi connectivity index (χ1n) is 9.19. The van der Waals surface area contributed by atoms with Gasteiger partial charge in [-0.3, -0.25) is 9.69 Å². The van der Waals surface area contributed by atoms with Crippen molar-refractivity contribution >= 4 is 5.91 Å². The highest BCUT2D eigenvalue weighted by Crippen LogP contribution is 2.29. The van der Waals surface area contributed by atoms with Gasteiger partial charge in [0.25, 0.3) is 0 Å². The number of ether oxygens (including phenoxy) is 1. The van der Waals surface area contributed by atoms with Gasteiger partial charge in [-0.05, 0) is 29.9 Å². The molecule has 3 fully saturated rings. The molecule has 0 N–H and O–H groups in total. The number of carbonyl (C=O) groups excluding carboxylic acids is 1. The molecule has 0 unspecified atom stereocenters. The van der Waals surface area contributed by atoms with Crippen LogP contribution >= 0.6 is 0 Å². The van der Waals surface area contributed by atoms with Crippen molar-refractivity contribution in [1.82, 2.24) is 9.80 Å². The Morgan fingerprint density at radius 3 is 2.58 bits per heavy atom. The topological polar surface area (TPSA) is 32.8 Å². The number of rotatable bonds is 6. The van der Waals surface area contributed by atoms with Crippen molar-refractivity contribution in [3.63, 3.8) is 0 Å². The van der Waals surface area contributed by atoms with E-state index < -0.39 is 0 Å². The van der Waals surface area contributed by atoms with Gasteiger partial charge < -0.3 is 9.64 Å². The summed E-state index contributed by atoms with van der Waals surface area (Å²) in [5, 5.41) is 0. The summed E-state index contributed by atoms with van der Waals surface area (Å²) in [4.78, 5) is 17.2. The van der Waals surface area contributed by atoms with Crippen molar-refractivity contribution in [2.24, 2.45) is 5.92 Å². The van der Waals surface area contributed by atoms with Crippen LogP contribution in [0.1, 0.15) is 43.7 Å². The summed E-state index contributed by atoms with van der Waals surface area (Å²) in [5.41, 5.74) is 2.73. The van der Waals surface area contributed by atoms with E-state index in [1.165, 1.54) is 11.1 Å². The second kappa shape index (κ2) is 7.66.